The molecule has 1 saturated heterocycles. The molecule has 1 atom stereocenters. The van der Waals surface area contributed by atoms with Crippen molar-refractivity contribution in [1.82, 2.24) is 14.9 Å². The predicted octanol–water partition coefficient (Wildman–Crippen LogP) is 2.67. The van der Waals surface area contributed by atoms with Crippen molar-refractivity contribution in [2.75, 3.05) is 43.6 Å². The van der Waals surface area contributed by atoms with Crippen LogP contribution in [0.5, 0.6) is 0 Å². The van der Waals surface area contributed by atoms with Crippen LogP contribution in [0, 0.1) is 12.8 Å². The average Bonchev–Trinajstić information content (AvgIpc) is 2.80. The van der Waals surface area contributed by atoms with E-state index in [9.17, 15) is 9.59 Å². The molecule has 0 aliphatic carbocycles. The van der Waals surface area contributed by atoms with Gasteiger partial charge in [0.25, 0.3) is 5.91 Å². The third kappa shape index (κ3) is 4.91. The van der Waals surface area contributed by atoms with Gasteiger partial charge in [0.15, 0.2) is 0 Å². The first kappa shape index (κ1) is 22.2. The number of hydrogen-bond acceptors (Lipinski definition) is 6. The Hall–Kier alpha value is -3.00. The van der Waals surface area contributed by atoms with Crippen LogP contribution in [-0.4, -0.2) is 66.1 Å². The number of nitrogens with zero attached hydrogens (tertiary/aromatic N) is 4. The first-order chi connectivity index (χ1) is 15.4. The lowest BCUT2D eigenvalue weighted by atomic mass is 9.99. The molecule has 0 aromatic carbocycles. The number of amides is 2. The second kappa shape index (κ2) is 9.65. The second-order valence-electron chi connectivity index (χ2n) is 8.80. The summed E-state index contributed by atoms with van der Waals surface area (Å²) < 4.78 is 5.45. The Bertz CT molecular complexity index is 989. The van der Waals surface area contributed by atoms with Gasteiger partial charge in [0.05, 0.1) is 17.8 Å². The van der Waals surface area contributed by atoms with Gasteiger partial charge in [-0.05, 0) is 56.4 Å². The van der Waals surface area contributed by atoms with Crippen LogP contribution < -0.4 is 10.2 Å². The summed E-state index contributed by atoms with van der Waals surface area (Å²) >= 11 is 0. The molecule has 0 radical (unpaired) electrons. The fraction of sp³-hybridized carbons (Fsp3) is 0.500. The molecule has 2 aliphatic rings. The topological polar surface area (TPSA) is 87.7 Å². The van der Waals surface area contributed by atoms with E-state index >= 15 is 0 Å². The van der Waals surface area contributed by atoms with Gasteiger partial charge in [-0.3, -0.25) is 14.6 Å². The van der Waals surface area contributed by atoms with Gasteiger partial charge in [0.1, 0.15) is 5.82 Å². The first-order valence-electron chi connectivity index (χ1n) is 11.2. The minimum Gasteiger partial charge on any atom is -0.381 e. The Morgan fingerprint density at radius 2 is 2.09 bits per heavy atom. The minimum atomic E-state index is -0.121. The van der Waals surface area contributed by atoms with Gasteiger partial charge in [0, 0.05) is 57.4 Å². The first-order valence-corrected chi connectivity index (χ1v) is 11.2. The number of rotatable bonds is 6. The molecular formula is C24H31N5O3. The Morgan fingerprint density at radius 3 is 2.84 bits per heavy atom. The highest BCUT2D eigenvalue weighted by molar-refractivity contribution is 6.04. The standard InChI is InChI=1S/C24H31N5O3/c1-16-4-7-25-20(10-16)11-17(2)28(3)24(31)19-12-21-23(26-13-19)27-14-22(30)29(21)15-18-5-8-32-9-6-18/h4,7,10,12-13,17-18H,5-6,8-9,11,14-15H2,1-3H3,(H,26,27). The Kier molecular flexibility index (Phi) is 6.69. The Labute approximate surface area is 189 Å². The van der Waals surface area contributed by atoms with Gasteiger partial charge in [0.2, 0.25) is 5.91 Å². The van der Waals surface area contributed by atoms with Crippen LogP contribution in [0.15, 0.2) is 30.6 Å². The maximum Gasteiger partial charge on any atom is 0.255 e. The minimum absolute atomic E-state index is 0.00244. The van der Waals surface area contributed by atoms with Gasteiger partial charge in [-0.15, -0.1) is 0 Å². The Morgan fingerprint density at radius 1 is 1.31 bits per heavy atom. The van der Waals surface area contributed by atoms with Gasteiger partial charge in [-0.2, -0.15) is 0 Å². The van der Waals surface area contributed by atoms with Crippen molar-refractivity contribution in [3.63, 3.8) is 0 Å². The number of nitrogens with one attached hydrogen (secondary N) is 1. The van der Waals surface area contributed by atoms with Crippen molar-refractivity contribution >= 4 is 23.3 Å². The summed E-state index contributed by atoms with van der Waals surface area (Å²) in [5.41, 5.74) is 3.26. The average molecular weight is 438 g/mol. The van der Waals surface area contributed by atoms with Crippen molar-refractivity contribution in [2.45, 2.75) is 39.2 Å². The summed E-state index contributed by atoms with van der Waals surface area (Å²) in [5, 5.41) is 3.08. The summed E-state index contributed by atoms with van der Waals surface area (Å²) in [4.78, 5) is 38.3. The van der Waals surface area contributed by atoms with Crippen LogP contribution in [0.2, 0.25) is 0 Å². The van der Waals surface area contributed by atoms with Crippen molar-refractivity contribution in [2.24, 2.45) is 5.92 Å². The largest absolute Gasteiger partial charge is 0.381 e. The van der Waals surface area contributed by atoms with E-state index in [4.69, 9.17) is 4.74 Å². The number of anilines is 2. The summed E-state index contributed by atoms with van der Waals surface area (Å²) in [7, 11) is 1.80. The Balaban J connectivity index is 1.51. The highest BCUT2D eigenvalue weighted by Gasteiger charge is 2.30. The number of fused-ring (bicyclic) bond motifs is 1. The van der Waals surface area contributed by atoms with Crippen LogP contribution in [0.3, 0.4) is 0 Å². The molecule has 2 aliphatic heterocycles. The lowest BCUT2D eigenvalue weighted by Crippen LogP contribution is -2.44. The number of aromatic nitrogens is 2. The molecular weight excluding hydrogens is 406 g/mol. The fourth-order valence-electron chi connectivity index (χ4n) is 4.24. The normalized spacial score (nSPS) is 17.5. The van der Waals surface area contributed by atoms with Crippen molar-refractivity contribution < 1.29 is 14.3 Å². The molecule has 2 aromatic heterocycles. The van der Waals surface area contributed by atoms with Gasteiger partial charge < -0.3 is 19.9 Å². The number of pyridine rings is 2. The number of aryl methyl sites for hydroxylation is 1. The molecule has 8 heteroatoms. The van der Waals surface area contributed by atoms with Crippen LogP contribution in [-0.2, 0) is 16.0 Å². The molecule has 0 bridgehead atoms. The molecule has 0 spiro atoms. The third-order valence-electron chi connectivity index (χ3n) is 6.35. The fourth-order valence-corrected chi connectivity index (χ4v) is 4.24. The highest BCUT2D eigenvalue weighted by Crippen LogP contribution is 2.31. The number of carbonyl (C=O) groups excluding carboxylic acids is 2. The summed E-state index contributed by atoms with van der Waals surface area (Å²) in [6.07, 6.45) is 5.92. The van der Waals surface area contributed by atoms with E-state index in [1.807, 2.05) is 26.0 Å². The highest BCUT2D eigenvalue weighted by atomic mass is 16.5. The molecule has 1 N–H and O–H groups in total. The van der Waals surface area contributed by atoms with Crippen molar-refractivity contribution in [1.29, 1.82) is 0 Å². The van der Waals surface area contributed by atoms with Crippen LogP contribution in [0.4, 0.5) is 11.5 Å². The maximum absolute atomic E-state index is 13.2. The number of carbonyl (C=O) groups is 2. The molecule has 32 heavy (non-hydrogen) atoms. The third-order valence-corrected chi connectivity index (χ3v) is 6.35. The number of hydrogen-bond donors (Lipinski definition) is 1. The number of ether oxygens (including phenoxy) is 1. The summed E-state index contributed by atoms with van der Waals surface area (Å²) in [6, 6.07) is 5.76. The summed E-state index contributed by atoms with van der Waals surface area (Å²) in [6.45, 7) is 6.35. The lowest BCUT2D eigenvalue weighted by Gasteiger charge is -2.34. The molecule has 170 valence electrons. The molecule has 8 nitrogen and oxygen atoms in total. The zero-order chi connectivity index (χ0) is 22.7. The van der Waals surface area contributed by atoms with Crippen molar-refractivity contribution in [3.05, 3.63) is 47.4 Å². The second-order valence-corrected chi connectivity index (χ2v) is 8.80. The van der Waals surface area contributed by atoms with E-state index < -0.39 is 0 Å². The zero-order valence-corrected chi connectivity index (χ0v) is 19.0. The van der Waals surface area contributed by atoms with Gasteiger partial charge in [-0.25, -0.2) is 4.98 Å². The monoisotopic (exact) mass is 437 g/mol. The maximum atomic E-state index is 13.2. The van der Waals surface area contributed by atoms with E-state index in [1.54, 1.807) is 35.3 Å². The van der Waals surface area contributed by atoms with Gasteiger partial charge in [-0.1, -0.05) is 0 Å². The quantitative estimate of drug-likeness (QED) is 0.748. The van der Waals surface area contributed by atoms with E-state index in [-0.39, 0.29) is 24.4 Å². The van der Waals surface area contributed by atoms with Gasteiger partial charge >= 0.3 is 0 Å². The zero-order valence-electron chi connectivity index (χ0n) is 19.0. The predicted molar refractivity (Wildman–Crippen MR) is 123 cm³/mol. The van der Waals surface area contributed by atoms with E-state index in [1.165, 1.54) is 0 Å². The molecule has 2 amide bonds. The molecule has 0 saturated carbocycles. The molecule has 4 heterocycles. The van der Waals surface area contributed by atoms with Crippen LogP contribution in [0.1, 0.15) is 41.4 Å². The van der Waals surface area contributed by atoms with Crippen LogP contribution in [0.25, 0.3) is 0 Å². The van der Waals surface area contributed by atoms with Crippen molar-refractivity contribution in [3.8, 4) is 0 Å². The SMILES string of the molecule is Cc1ccnc(CC(C)N(C)C(=O)c2cnc3c(c2)N(CC2CCOCC2)C(=O)CN3)c1. The molecule has 4 rings (SSSR count). The number of likely N-dealkylation sites (N-methyl/N-ethyl adjacent to an activating group) is 1. The molecule has 2 aromatic rings. The smallest absolute Gasteiger partial charge is 0.255 e. The molecule has 1 fully saturated rings. The lowest BCUT2D eigenvalue weighted by molar-refractivity contribution is -0.117. The van der Waals surface area contributed by atoms with Crippen LogP contribution >= 0.6 is 0 Å². The summed E-state index contributed by atoms with van der Waals surface area (Å²) in [5.74, 6) is 0.919. The van der Waals surface area contributed by atoms with E-state index in [0.29, 0.717) is 36.0 Å². The van der Waals surface area contributed by atoms with E-state index in [0.717, 1.165) is 37.3 Å². The molecule has 1 unspecified atom stereocenters. The van der Waals surface area contributed by atoms with E-state index in [2.05, 4.69) is 15.3 Å².